The number of sulfonamides is 1. The molecule has 3 rings (SSSR count). The van der Waals surface area contributed by atoms with Crippen LogP contribution in [0.4, 0.5) is 13.2 Å². The highest BCUT2D eigenvalue weighted by Crippen LogP contribution is 2.31. The summed E-state index contributed by atoms with van der Waals surface area (Å²) in [5.41, 5.74) is 2.47. The molecule has 1 aliphatic rings. The molecule has 0 unspecified atom stereocenters. The fourth-order valence-electron chi connectivity index (χ4n) is 5.69. The van der Waals surface area contributed by atoms with Gasteiger partial charge in [-0.25, -0.2) is 21.6 Å². The minimum Gasteiger partial charge on any atom is -0.480 e. The Balaban J connectivity index is 1.93. The van der Waals surface area contributed by atoms with E-state index in [0.29, 0.717) is 29.0 Å². The quantitative estimate of drug-likeness (QED) is 0.211. The first-order valence-corrected chi connectivity index (χ1v) is 19.2. The molecule has 0 aromatic heterocycles. The molecule has 0 bridgehead atoms. The molecule has 262 valence electrons. The lowest BCUT2D eigenvalue weighted by Crippen LogP contribution is -2.42. The molecule has 0 spiro atoms. The minimum absolute atomic E-state index is 0.0952. The van der Waals surface area contributed by atoms with Crippen molar-refractivity contribution in [3.05, 3.63) is 59.2 Å². The third kappa shape index (κ3) is 12.8. The molecular formula is C32H43F3N2O8S2. The van der Waals surface area contributed by atoms with Crippen LogP contribution in [0, 0.1) is 12.8 Å². The van der Waals surface area contributed by atoms with Gasteiger partial charge >= 0.3 is 12.3 Å². The van der Waals surface area contributed by atoms with Gasteiger partial charge in [0.2, 0.25) is 10.0 Å². The van der Waals surface area contributed by atoms with E-state index >= 15 is 0 Å². The largest absolute Gasteiger partial charge is 0.522 e. The van der Waals surface area contributed by atoms with Gasteiger partial charge in [-0.05, 0) is 66.5 Å². The second-order valence-corrected chi connectivity index (χ2v) is 16.4. The Morgan fingerprint density at radius 1 is 1.02 bits per heavy atom. The molecule has 10 nitrogen and oxygen atoms in total. The van der Waals surface area contributed by atoms with E-state index in [1.54, 1.807) is 30.3 Å². The molecule has 2 aromatic rings. The summed E-state index contributed by atoms with van der Waals surface area (Å²) in [4.78, 5) is 25.3. The molecule has 1 amide bonds. The van der Waals surface area contributed by atoms with E-state index in [2.05, 4.69) is 10.1 Å². The van der Waals surface area contributed by atoms with Crippen LogP contribution in [0.1, 0.15) is 72.9 Å². The van der Waals surface area contributed by atoms with Gasteiger partial charge in [-0.1, -0.05) is 62.4 Å². The number of aliphatic carboxylic acids is 1. The van der Waals surface area contributed by atoms with E-state index in [9.17, 15) is 44.7 Å². The van der Waals surface area contributed by atoms with Gasteiger partial charge < -0.3 is 10.4 Å². The summed E-state index contributed by atoms with van der Waals surface area (Å²) >= 11 is 0. The normalized spacial score (nSPS) is 15.4. The van der Waals surface area contributed by atoms with Crippen LogP contribution in [0.2, 0.25) is 0 Å². The standard InChI is InChI=1S/C32H43F3N2O8S2/c1-23-9-6-7-12-26(23)28-21-25(13-14-27(28)30(38)36-29(31(39)40)16-20-46(2,41)42)22-37(17-15-24-10-4-3-5-11-24)47(43,44)19-8-18-45-32(33,34)35/h6-7,9,12-14,21,24,29H,3-5,8,10-11,15-20,22H2,1-2H3,(H,36,38)(H,39,40)/t29-/m0/s1. The molecule has 2 N–H and O–H groups in total. The predicted octanol–water partition coefficient (Wildman–Crippen LogP) is 5.31. The third-order valence-corrected chi connectivity index (χ3v) is 11.1. The van der Waals surface area contributed by atoms with Crippen LogP contribution in [-0.2, 0) is 35.9 Å². The Bertz CT molecular complexity index is 1590. The van der Waals surface area contributed by atoms with Crippen molar-refractivity contribution in [2.75, 3.05) is 30.9 Å². The first kappa shape index (κ1) is 38.4. The molecule has 2 aromatic carbocycles. The van der Waals surface area contributed by atoms with Gasteiger partial charge in [0.1, 0.15) is 15.9 Å². The van der Waals surface area contributed by atoms with Crippen LogP contribution in [-0.4, -0.2) is 81.4 Å². The Labute approximate surface area is 274 Å². The fourth-order valence-corrected chi connectivity index (χ4v) is 7.83. The van der Waals surface area contributed by atoms with Gasteiger partial charge in [-0.3, -0.25) is 9.53 Å². The first-order valence-electron chi connectivity index (χ1n) is 15.5. The van der Waals surface area contributed by atoms with Crippen LogP contribution < -0.4 is 5.32 Å². The maximum atomic E-state index is 13.5. The van der Waals surface area contributed by atoms with Gasteiger partial charge in [0, 0.05) is 24.9 Å². The second kappa shape index (κ2) is 16.9. The van der Waals surface area contributed by atoms with E-state index < -0.39 is 62.3 Å². The van der Waals surface area contributed by atoms with Crippen LogP contribution in [0.25, 0.3) is 11.1 Å². The number of sulfone groups is 1. The third-order valence-electron chi connectivity index (χ3n) is 8.22. The molecule has 0 radical (unpaired) electrons. The van der Waals surface area contributed by atoms with Gasteiger partial charge in [0.15, 0.2) is 0 Å². The lowest BCUT2D eigenvalue weighted by atomic mass is 9.87. The molecule has 1 fully saturated rings. The number of hydrogen-bond acceptors (Lipinski definition) is 7. The van der Waals surface area contributed by atoms with Crippen molar-refractivity contribution in [3.63, 3.8) is 0 Å². The molecule has 0 aliphatic heterocycles. The van der Waals surface area contributed by atoms with Crippen molar-refractivity contribution in [1.29, 1.82) is 0 Å². The Kier molecular flexibility index (Phi) is 13.8. The number of alkyl halides is 3. The summed E-state index contributed by atoms with van der Waals surface area (Å²) in [7, 11) is -7.49. The summed E-state index contributed by atoms with van der Waals surface area (Å²) in [6, 6.07) is 10.3. The number of carbonyl (C=O) groups excluding carboxylic acids is 1. The minimum atomic E-state index is -4.86. The van der Waals surface area contributed by atoms with Crippen molar-refractivity contribution >= 4 is 31.7 Å². The van der Waals surface area contributed by atoms with Crippen LogP contribution in [0.15, 0.2) is 42.5 Å². The second-order valence-electron chi connectivity index (χ2n) is 12.1. The van der Waals surface area contributed by atoms with E-state index in [4.69, 9.17) is 0 Å². The lowest BCUT2D eigenvalue weighted by Gasteiger charge is -2.27. The number of amides is 1. The lowest BCUT2D eigenvalue weighted by molar-refractivity contribution is -0.324. The maximum Gasteiger partial charge on any atom is 0.522 e. The zero-order chi connectivity index (χ0) is 34.8. The van der Waals surface area contributed by atoms with Crippen molar-refractivity contribution in [2.45, 2.75) is 77.2 Å². The van der Waals surface area contributed by atoms with Gasteiger partial charge in [0.05, 0.1) is 18.1 Å². The average molecular weight is 705 g/mol. The first-order chi connectivity index (χ1) is 21.9. The summed E-state index contributed by atoms with van der Waals surface area (Å²) in [5.74, 6) is -2.78. The number of carbonyl (C=O) groups is 2. The van der Waals surface area contributed by atoms with E-state index in [1.165, 1.54) is 10.4 Å². The molecule has 15 heteroatoms. The summed E-state index contributed by atoms with van der Waals surface area (Å²) < 4.78 is 92.7. The highest BCUT2D eigenvalue weighted by molar-refractivity contribution is 7.90. The zero-order valence-electron chi connectivity index (χ0n) is 26.6. The van der Waals surface area contributed by atoms with Crippen molar-refractivity contribution in [3.8, 4) is 11.1 Å². The molecule has 1 atom stereocenters. The fraction of sp³-hybridized carbons (Fsp3) is 0.562. The molecule has 1 aliphatic carbocycles. The number of halogens is 3. The van der Waals surface area contributed by atoms with E-state index in [1.807, 2.05) is 13.0 Å². The van der Waals surface area contributed by atoms with E-state index in [-0.39, 0.29) is 31.5 Å². The molecule has 1 saturated carbocycles. The smallest absolute Gasteiger partial charge is 0.480 e. The summed E-state index contributed by atoms with van der Waals surface area (Å²) in [6.45, 7) is 1.11. The number of carboxylic acids is 1. The van der Waals surface area contributed by atoms with Crippen LogP contribution >= 0.6 is 0 Å². The van der Waals surface area contributed by atoms with Gasteiger partial charge in [0.25, 0.3) is 5.91 Å². The zero-order valence-corrected chi connectivity index (χ0v) is 28.2. The molecule has 0 heterocycles. The number of rotatable bonds is 17. The van der Waals surface area contributed by atoms with Crippen molar-refractivity contribution < 1.29 is 49.4 Å². The number of nitrogens with one attached hydrogen (secondary N) is 1. The predicted molar refractivity (Wildman–Crippen MR) is 172 cm³/mol. The van der Waals surface area contributed by atoms with Crippen LogP contribution in [0.5, 0.6) is 0 Å². The summed E-state index contributed by atoms with van der Waals surface area (Å²) in [5, 5.41) is 12.1. The number of ether oxygens (including phenoxy) is 1. The Hall–Kier alpha value is -3.01. The number of aryl methyl sites for hydroxylation is 1. The molecule has 47 heavy (non-hydrogen) atoms. The summed E-state index contributed by atoms with van der Waals surface area (Å²) in [6.07, 6.45) is 1.25. The van der Waals surface area contributed by atoms with Gasteiger partial charge in [-0.2, -0.15) is 4.31 Å². The topological polar surface area (TPSA) is 147 Å². The number of benzene rings is 2. The number of carboxylic acid groups (broad SMARTS) is 1. The number of hydrogen-bond donors (Lipinski definition) is 2. The van der Waals surface area contributed by atoms with E-state index in [0.717, 1.165) is 43.9 Å². The van der Waals surface area contributed by atoms with Crippen molar-refractivity contribution in [1.82, 2.24) is 9.62 Å². The monoisotopic (exact) mass is 704 g/mol. The van der Waals surface area contributed by atoms with Crippen LogP contribution in [0.3, 0.4) is 0 Å². The number of nitrogens with zero attached hydrogens (tertiary/aromatic N) is 1. The van der Waals surface area contributed by atoms with Gasteiger partial charge in [-0.15, -0.1) is 13.2 Å². The Morgan fingerprint density at radius 2 is 1.70 bits per heavy atom. The maximum absolute atomic E-state index is 13.5. The van der Waals surface area contributed by atoms with Crippen molar-refractivity contribution in [2.24, 2.45) is 5.92 Å². The molecule has 0 saturated heterocycles. The molecular weight excluding hydrogens is 661 g/mol. The average Bonchev–Trinajstić information content (AvgIpc) is 2.99. The Morgan fingerprint density at radius 3 is 2.32 bits per heavy atom. The highest BCUT2D eigenvalue weighted by atomic mass is 32.2. The highest BCUT2D eigenvalue weighted by Gasteiger charge is 2.30. The SMILES string of the molecule is Cc1ccccc1-c1cc(CN(CCC2CCCCC2)S(=O)(=O)CCCOC(F)(F)F)ccc1C(=O)N[C@@H](CCS(C)(=O)=O)C(=O)O.